The fourth-order valence-electron chi connectivity index (χ4n) is 1.55. The maximum atomic E-state index is 11.6. The fraction of sp³-hybridized carbons (Fsp3) is 0.273. The molecular weight excluding hydrogens is 228 g/mol. The van der Waals surface area contributed by atoms with Gasteiger partial charge in [0.15, 0.2) is 6.10 Å². The molecule has 1 amide bonds. The molecule has 1 aliphatic heterocycles. The Kier molecular flexibility index (Phi) is 2.97. The molecule has 0 aliphatic carbocycles. The maximum Gasteiger partial charge on any atom is 0.415 e. The van der Waals surface area contributed by atoms with Crippen molar-refractivity contribution in [3.05, 3.63) is 29.3 Å². The van der Waals surface area contributed by atoms with Crippen molar-refractivity contribution in [2.75, 3.05) is 11.4 Å². The number of amides is 1. The van der Waals surface area contributed by atoms with Gasteiger partial charge >= 0.3 is 6.09 Å². The SMILES string of the molecule is N#CC1CCN(c2cccc(Cl)c2)C(=O)O1. The minimum atomic E-state index is -0.636. The second-order valence-electron chi connectivity index (χ2n) is 3.42. The van der Waals surface area contributed by atoms with Crippen LogP contribution in [0.1, 0.15) is 6.42 Å². The first kappa shape index (κ1) is 10.8. The molecular formula is C11H9ClN2O2. The zero-order chi connectivity index (χ0) is 11.5. The van der Waals surface area contributed by atoms with E-state index in [1.165, 1.54) is 4.90 Å². The largest absolute Gasteiger partial charge is 0.430 e. The van der Waals surface area contributed by atoms with E-state index in [-0.39, 0.29) is 0 Å². The zero-order valence-electron chi connectivity index (χ0n) is 8.39. The van der Waals surface area contributed by atoms with E-state index in [1.807, 2.05) is 6.07 Å². The lowest BCUT2D eigenvalue weighted by molar-refractivity contribution is 0.111. The minimum absolute atomic E-state index is 0.470. The number of anilines is 1. The lowest BCUT2D eigenvalue weighted by Crippen LogP contribution is -2.41. The predicted molar refractivity (Wildman–Crippen MR) is 59.3 cm³/mol. The molecule has 82 valence electrons. The van der Waals surface area contributed by atoms with Gasteiger partial charge in [0.2, 0.25) is 0 Å². The molecule has 0 radical (unpaired) electrons. The van der Waals surface area contributed by atoms with Crippen molar-refractivity contribution < 1.29 is 9.53 Å². The Balaban J connectivity index is 2.18. The zero-order valence-corrected chi connectivity index (χ0v) is 9.15. The van der Waals surface area contributed by atoms with E-state index < -0.39 is 12.2 Å². The molecule has 1 aromatic rings. The van der Waals surface area contributed by atoms with Crippen molar-refractivity contribution in [1.29, 1.82) is 5.26 Å². The molecule has 16 heavy (non-hydrogen) atoms. The Bertz CT molecular complexity index is 456. The number of halogens is 1. The van der Waals surface area contributed by atoms with E-state index in [1.54, 1.807) is 24.3 Å². The summed E-state index contributed by atoms with van der Waals surface area (Å²) in [5.41, 5.74) is 0.689. The Hall–Kier alpha value is -1.73. The Morgan fingerprint density at radius 2 is 2.38 bits per heavy atom. The summed E-state index contributed by atoms with van der Waals surface area (Å²) in [6.07, 6.45) is -0.627. The highest BCUT2D eigenvalue weighted by Gasteiger charge is 2.27. The van der Waals surface area contributed by atoms with Crippen LogP contribution < -0.4 is 4.90 Å². The summed E-state index contributed by atoms with van der Waals surface area (Å²) in [4.78, 5) is 13.1. The van der Waals surface area contributed by atoms with Gasteiger partial charge in [-0.05, 0) is 18.2 Å². The van der Waals surface area contributed by atoms with Gasteiger partial charge in [-0.15, -0.1) is 0 Å². The molecule has 0 saturated carbocycles. The molecule has 1 unspecified atom stereocenters. The van der Waals surface area contributed by atoms with E-state index in [0.717, 1.165) is 0 Å². The average Bonchev–Trinajstić information content (AvgIpc) is 2.28. The van der Waals surface area contributed by atoms with Crippen LogP contribution in [0.2, 0.25) is 5.02 Å². The first-order chi connectivity index (χ1) is 7.70. The predicted octanol–water partition coefficient (Wildman–Crippen LogP) is 2.58. The van der Waals surface area contributed by atoms with E-state index in [0.29, 0.717) is 23.7 Å². The third-order valence-electron chi connectivity index (χ3n) is 2.34. The van der Waals surface area contributed by atoms with Crippen molar-refractivity contribution in [1.82, 2.24) is 0 Å². The van der Waals surface area contributed by atoms with Crippen LogP contribution in [0.15, 0.2) is 24.3 Å². The molecule has 0 aromatic heterocycles. The monoisotopic (exact) mass is 236 g/mol. The molecule has 1 aromatic carbocycles. The van der Waals surface area contributed by atoms with Crippen LogP contribution in [0.5, 0.6) is 0 Å². The summed E-state index contributed by atoms with van der Waals surface area (Å²) in [6.45, 7) is 0.470. The fourth-order valence-corrected chi connectivity index (χ4v) is 1.74. The van der Waals surface area contributed by atoms with Crippen LogP contribution in [0.3, 0.4) is 0 Å². The smallest absolute Gasteiger partial charge is 0.415 e. The first-order valence-electron chi connectivity index (χ1n) is 4.84. The van der Waals surface area contributed by atoms with E-state index in [9.17, 15) is 4.79 Å². The van der Waals surface area contributed by atoms with Gasteiger partial charge in [-0.25, -0.2) is 4.79 Å². The molecule has 0 N–H and O–H groups in total. The van der Waals surface area contributed by atoms with Crippen molar-refractivity contribution >= 4 is 23.4 Å². The molecule has 1 atom stereocenters. The second kappa shape index (κ2) is 4.42. The van der Waals surface area contributed by atoms with Crippen LogP contribution in [-0.2, 0) is 4.74 Å². The van der Waals surface area contributed by atoms with Gasteiger partial charge in [0, 0.05) is 23.7 Å². The first-order valence-corrected chi connectivity index (χ1v) is 5.22. The number of ether oxygens (including phenoxy) is 1. The highest BCUT2D eigenvalue weighted by molar-refractivity contribution is 6.30. The number of benzene rings is 1. The van der Waals surface area contributed by atoms with E-state index in [2.05, 4.69) is 0 Å². The van der Waals surface area contributed by atoms with Gasteiger partial charge in [0.05, 0.1) is 0 Å². The van der Waals surface area contributed by atoms with Gasteiger partial charge in [-0.1, -0.05) is 17.7 Å². The summed E-state index contributed by atoms with van der Waals surface area (Å²) in [5, 5.41) is 9.21. The number of carbonyl (C=O) groups excluding carboxylic acids is 1. The Morgan fingerprint density at radius 1 is 1.56 bits per heavy atom. The highest BCUT2D eigenvalue weighted by Crippen LogP contribution is 2.23. The summed E-state index contributed by atoms with van der Waals surface area (Å²) >= 11 is 5.84. The topological polar surface area (TPSA) is 53.3 Å². The van der Waals surface area contributed by atoms with Crippen LogP contribution in [0.25, 0.3) is 0 Å². The lowest BCUT2D eigenvalue weighted by atomic mass is 10.2. The number of rotatable bonds is 1. The average molecular weight is 237 g/mol. The minimum Gasteiger partial charge on any atom is -0.430 e. The molecule has 1 heterocycles. The second-order valence-corrected chi connectivity index (χ2v) is 3.86. The molecule has 2 rings (SSSR count). The van der Waals surface area contributed by atoms with Gasteiger partial charge in [0.25, 0.3) is 0 Å². The van der Waals surface area contributed by atoms with Gasteiger partial charge in [0.1, 0.15) is 6.07 Å². The summed E-state index contributed by atoms with van der Waals surface area (Å²) in [7, 11) is 0. The van der Waals surface area contributed by atoms with Crippen LogP contribution in [0.4, 0.5) is 10.5 Å². The molecule has 5 heteroatoms. The van der Waals surface area contributed by atoms with Gasteiger partial charge < -0.3 is 4.74 Å². The number of hydrogen-bond donors (Lipinski definition) is 0. The molecule has 4 nitrogen and oxygen atoms in total. The molecule has 1 fully saturated rings. The number of nitriles is 1. The molecule has 1 saturated heterocycles. The maximum absolute atomic E-state index is 11.6. The molecule has 1 aliphatic rings. The van der Waals surface area contributed by atoms with Crippen molar-refractivity contribution in [3.8, 4) is 6.07 Å². The van der Waals surface area contributed by atoms with Crippen molar-refractivity contribution in [3.63, 3.8) is 0 Å². The summed E-state index contributed by atoms with van der Waals surface area (Å²) in [6, 6.07) is 8.89. The lowest BCUT2D eigenvalue weighted by Gasteiger charge is -2.28. The highest BCUT2D eigenvalue weighted by atomic mass is 35.5. The quantitative estimate of drug-likeness (QED) is 0.753. The number of cyclic esters (lactones) is 1. The van der Waals surface area contributed by atoms with Crippen molar-refractivity contribution in [2.45, 2.75) is 12.5 Å². The van der Waals surface area contributed by atoms with E-state index >= 15 is 0 Å². The van der Waals surface area contributed by atoms with E-state index in [4.69, 9.17) is 21.6 Å². The normalized spacial score (nSPS) is 20.1. The number of nitrogens with zero attached hydrogens (tertiary/aromatic N) is 2. The third-order valence-corrected chi connectivity index (χ3v) is 2.58. The number of hydrogen-bond acceptors (Lipinski definition) is 3. The van der Waals surface area contributed by atoms with Crippen LogP contribution in [0, 0.1) is 11.3 Å². The third kappa shape index (κ3) is 2.10. The Labute approximate surface area is 98.0 Å². The summed E-state index contributed by atoms with van der Waals surface area (Å²) < 4.78 is 4.93. The van der Waals surface area contributed by atoms with Gasteiger partial charge in [-0.3, -0.25) is 4.90 Å². The standard InChI is InChI=1S/C11H9ClN2O2/c12-8-2-1-3-9(6-8)14-5-4-10(7-13)16-11(14)15/h1-3,6,10H,4-5H2. The Morgan fingerprint density at radius 3 is 3.00 bits per heavy atom. The van der Waals surface area contributed by atoms with Crippen molar-refractivity contribution in [2.24, 2.45) is 0 Å². The number of carbonyl (C=O) groups is 1. The van der Waals surface area contributed by atoms with Gasteiger partial charge in [-0.2, -0.15) is 5.26 Å². The van der Waals surface area contributed by atoms with Crippen LogP contribution in [-0.4, -0.2) is 18.7 Å². The molecule has 0 spiro atoms. The van der Waals surface area contributed by atoms with Crippen LogP contribution >= 0.6 is 11.6 Å². The molecule has 0 bridgehead atoms. The summed E-state index contributed by atoms with van der Waals surface area (Å²) in [5.74, 6) is 0.